The molecule has 0 unspecified atom stereocenters. The molecule has 1 aliphatic heterocycles. The van der Waals surface area contributed by atoms with E-state index in [0.29, 0.717) is 0 Å². The molecule has 1 amide bonds. The standard InChI is InChI=1S/C15H30N2O3.ClH/c1-15(2,3)20-14(18)17-11-8-13(9-12-17)7-5-6-10-16-19-4;/h13,16H,5-12H2,1-4H3;1H. The number of carbonyl (C=O) groups excluding carboxylic acids is 1. The largest absolute Gasteiger partial charge is 0.444 e. The molecule has 0 aromatic rings. The van der Waals surface area contributed by atoms with Crippen molar-refractivity contribution in [2.24, 2.45) is 5.92 Å². The van der Waals surface area contributed by atoms with Crippen LogP contribution in [-0.4, -0.2) is 43.3 Å². The first-order valence-corrected chi connectivity index (χ1v) is 7.66. The van der Waals surface area contributed by atoms with Gasteiger partial charge in [-0.3, -0.25) is 0 Å². The summed E-state index contributed by atoms with van der Waals surface area (Å²) in [5.41, 5.74) is 2.46. The Morgan fingerprint density at radius 2 is 1.86 bits per heavy atom. The monoisotopic (exact) mass is 322 g/mol. The van der Waals surface area contributed by atoms with Crippen LogP contribution in [0.15, 0.2) is 0 Å². The van der Waals surface area contributed by atoms with E-state index >= 15 is 0 Å². The number of amides is 1. The Morgan fingerprint density at radius 3 is 2.38 bits per heavy atom. The van der Waals surface area contributed by atoms with Crippen molar-refractivity contribution in [1.82, 2.24) is 10.4 Å². The van der Waals surface area contributed by atoms with Crippen LogP contribution in [0.4, 0.5) is 4.79 Å². The molecule has 1 aliphatic rings. The summed E-state index contributed by atoms with van der Waals surface area (Å²) in [4.78, 5) is 18.6. The van der Waals surface area contributed by atoms with Gasteiger partial charge in [0.15, 0.2) is 0 Å². The van der Waals surface area contributed by atoms with Gasteiger partial charge in [-0.1, -0.05) is 12.8 Å². The van der Waals surface area contributed by atoms with Crippen molar-refractivity contribution in [1.29, 1.82) is 0 Å². The van der Waals surface area contributed by atoms with E-state index in [1.165, 1.54) is 12.8 Å². The van der Waals surface area contributed by atoms with Gasteiger partial charge >= 0.3 is 6.09 Å². The van der Waals surface area contributed by atoms with Crippen molar-refractivity contribution < 1.29 is 14.4 Å². The van der Waals surface area contributed by atoms with Crippen LogP contribution in [-0.2, 0) is 9.57 Å². The van der Waals surface area contributed by atoms with Crippen LogP contribution >= 0.6 is 12.4 Å². The molecule has 5 nitrogen and oxygen atoms in total. The fourth-order valence-corrected chi connectivity index (χ4v) is 2.46. The quantitative estimate of drug-likeness (QED) is 0.601. The molecular weight excluding hydrogens is 292 g/mol. The van der Waals surface area contributed by atoms with Crippen LogP contribution in [0.5, 0.6) is 0 Å². The highest BCUT2D eigenvalue weighted by Crippen LogP contribution is 2.23. The summed E-state index contributed by atoms with van der Waals surface area (Å²) in [5.74, 6) is 0.747. The number of piperidine rings is 1. The van der Waals surface area contributed by atoms with Crippen LogP contribution in [0.3, 0.4) is 0 Å². The Bertz CT molecular complexity index is 287. The van der Waals surface area contributed by atoms with Crippen molar-refractivity contribution in [3.63, 3.8) is 0 Å². The number of hydrogen-bond donors (Lipinski definition) is 1. The first-order valence-electron chi connectivity index (χ1n) is 7.66. The second-order valence-corrected chi connectivity index (χ2v) is 6.51. The number of unbranched alkanes of at least 4 members (excludes halogenated alkanes) is 1. The molecule has 1 saturated heterocycles. The molecule has 0 aliphatic carbocycles. The van der Waals surface area contributed by atoms with Crippen molar-refractivity contribution in [2.75, 3.05) is 26.7 Å². The van der Waals surface area contributed by atoms with E-state index in [4.69, 9.17) is 9.57 Å². The Labute approximate surface area is 135 Å². The lowest BCUT2D eigenvalue weighted by atomic mass is 9.92. The molecule has 0 aromatic heterocycles. The van der Waals surface area contributed by atoms with Gasteiger partial charge in [-0.15, -0.1) is 12.4 Å². The highest BCUT2D eigenvalue weighted by Gasteiger charge is 2.26. The Hall–Kier alpha value is -0.520. The molecule has 126 valence electrons. The maximum Gasteiger partial charge on any atom is 0.410 e. The van der Waals surface area contributed by atoms with E-state index in [1.54, 1.807) is 7.11 Å². The van der Waals surface area contributed by atoms with E-state index in [1.807, 2.05) is 25.7 Å². The van der Waals surface area contributed by atoms with Crippen LogP contribution in [0.1, 0.15) is 52.9 Å². The maximum atomic E-state index is 11.9. The predicted octanol–water partition coefficient (Wildman–Crippen LogP) is 3.38. The van der Waals surface area contributed by atoms with Crippen molar-refractivity contribution in [3.05, 3.63) is 0 Å². The molecular formula is C15H31ClN2O3. The predicted molar refractivity (Wildman–Crippen MR) is 86.6 cm³/mol. The number of halogens is 1. The fraction of sp³-hybridized carbons (Fsp3) is 0.933. The number of ether oxygens (including phenoxy) is 1. The normalized spacial score (nSPS) is 16.5. The van der Waals surface area contributed by atoms with Crippen molar-refractivity contribution in [2.45, 2.75) is 58.5 Å². The molecule has 1 N–H and O–H groups in total. The van der Waals surface area contributed by atoms with Gasteiger partial charge in [-0.2, -0.15) is 0 Å². The van der Waals surface area contributed by atoms with E-state index < -0.39 is 5.60 Å². The van der Waals surface area contributed by atoms with E-state index in [2.05, 4.69) is 5.48 Å². The molecule has 0 saturated carbocycles. The third kappa shape index (κ3) is 9.17. The molecule has 0 radical (unpaired) electrons. The van der Waals surface area contributed by atoms with Gasteiger partial charge in [0.1, 0.15) is 5.60 Å². The third-order valence-electron chi connectivity index (χ3n) is 3.55. The summed E-state index contributed by atoms with van der Waals surface area (Å²) in [5, 5.41) is 0. The molecule has 1 heterocycles. The Balaban J connectivity index is 0.00000400. The molecule has 21 heavy (non-hydrogen) atoms. The molecule has 0 bridgehead atoms. The number of carbonyl (C=O) groups is 1. The fourth-order valence-electron chi connectivity index (χ4n) is 2.46. The number of hydroxylamine groups is 1. The molecule has 6 heteroatoms. The zero-order chi connectivity index (χ0) is 15.0. The van der Waals surface area contributed by atoms with E-state index in [0.717, 1.165) is 44.8 Å². The Kier molecular flexibility index (Phi) is 9.99. The topological polar surface area (TPSA) is 50.8 Å². The average Bonchev–Trinajstić information content (AvgIpc) is 2.37. The average molecular weight is 323 g/mol. The number of rotatable bonds is 6. The van der Waals surface area contributed by atoms with Gasteiger partial charge in [0.25, 0.3) is 0 Å². The smallest absolute Gasteiger partial charge is 0.410 e. The van der Waals surface area contributed by atoms with E-state index in [-0.39, 0.29) is 18.5 Å². The second-order valence-electron chi connectivity index (χ2n) is 6.51. The first kappa shape index (κ1) is 20.5. The van der Waals surface area contributed by atoms with Crippen LogP contribution in [0.25, 0.3) is 0 Å². The number of nitrogens with zero attached hydrogens (tertiary/aromatic N) is 1. The summed E-state index contributed by atoms with van der Waals surface area (Å²) in [7, 11) is 1.65. The van der Waals surface area contributed by atoms with Gasteiger partial charge in [0, 0.05) is 19.6 Å². The minimum absolute atomic E-state index is 0. The number of hydrogen-bond acceptors (Lipinski definition) is 4. The van der Waals surface area contributed by atoms with Crippen molar-refractivity contribution >= 4 is 18.5 Å². The zero-order valence-corrected chi connectivity index (χ0v) is 14.6. The Morgan fingerprint density at radius 1 is 1.24 bits per heavy atom. The lowest BCUT2D eigenvalue weighted by Gasteiger charge is -2.33. The zero-order valence-electron chi connectivity index (χ0n) is 13.8. The summed E-state index contributed by atoms with van der Waals surface area (Å²) < 4.78 is 5.40. The summed E-state index contributed by atoms with van der Waals surface area (Å²) in [6.45, 7) is 8.29. The van der Waals surface area contributed by atoms with Crippen molar-refractivity contribution in [3.8, 4) is 0 Å². The lowest BCUT2D eigenvalue weighted by molar-refractivity contribution is 0.0180. The van der Waals surface area contributed by atoms with Gasteiger partial charge in [0.05, 0.1) is 7.11 Å². The molecule has 0 aromatic carbocycles. The molecule has 0 atom stereocenters. The number of likely N-dealkylation sites (tertiary alicyclic amines) is 1. The molecule has 1 rings (SSSR count). The van der Waals surface area contributed by atoms with E-state index in [9.17, 15) is 4.79 Å². The lowest BCUT2D eigenvalue weighted by Crippen LogP contribution is -2.41. The SMILES string of the molecule is CONCCCCC1CCN(C(=O)OC(C)(C)C)CC1.Cl. The minimum Gasteiger partial charge on any atom is -0.444 e. The minimum atomic E-state index is -0.401. The van der Waals surface area contributed by atoms with Gasteiger partial charge < -0.3 is 14.5 Å². The van der Waals surface area contributed by atoms with Crippen LogP contribution in [0.2, 0.25) is 0 Å². The first-order chi connectivity index (χ1) is 9.42. The highest BCUT2D eigenvalue weighted by molar-refractivity contribution is 5.85. The molecule has 1 fully saturated rings. The maximum absolute atomic E-state index is 11.9. The summed E-state index contributed by atoms with van der Waals surface area (Å²) in [6.07, 6.45) is 5.62. The highest BCUT2D eigenvalue weighted by atomic mass is 35.5. The van der Waals surface area contributed by atoms with Gasteiger partial charge in [-0.25, -0.2) is 10.3 Å². The summed E-state index contributed by atoms with van der Waals surface area (Å²) >= 11 is 0. The van der Waals surface area contributed by atoms with Crippen LogP contribution < -0.4 is 5.48 Å². The van der Waals surface area contributed by atoms with Gasteiger partial charge in [-0.05, 0) is 46.0 Å². The van der Waals surface area contributed by atoms with Gasteiger partial charge in [0.2, 0.25) is 0 Å². The number of nitrogens with one attached hydrogen (secondary N) is 1. The second kappa shape index (κ2) is 10.2. The van der Waals surface area contributed by atoms with Crippen LogP contribution in [0, 0.1) is 5.92 Å². The third-order valence-corrected chi connectivity index (χ3v) is 3.55. The molecule has 0 spiro atoms. The summed E-state index contributed by atoms with van der Waals surface area (Å²) in [6, 6.07) is 0.